The topological polar surface area (TPSA) is 0 Å². The predicted molar refractivity (Wildman–Crippen MR) is 197 cm³/mol. The van der Waals surface area contributed by atoms with Gasteiger partial charge in [0.05, 0.1) is 0 Å². The third-order valence-corrected chi connectivity index (χ3v) is 8.27. The van der Waals surface area contributed by atoms with Crippen LogP contribution in [0.5, 0.6) is 0 Å². The molecule has 0 atom stereocenters. The van der Waals surface area contributed by atoms with Crippen molar-refractivity contribution in [3.05, 3.63) is 157 Å². The van der Waals surface area contributed by atoms with Crippen molar-refractivity contribution in [2.75, 3.05) is 0 Å². The first kappa shape index (κ1) is 36.6. The van der Waals surface area contributed by atoms with Crippen LogP contribution >= 0.6 is 0 Å². The fourth-order valence-corrected chi connectivity index (χ4v) is 6.28. The maximum atomic E-state index is 2.34. The summed E-state index contributed by atoms with van der Waals surface area (Å²) in [7, 11) is 0. The van der Waals surface area contributed by atoms with Crippen LogP contribution in [0.3, 0.4) is 0 Å². The summed E-state index contributed by atoms with van der Waals surface area (Å²) in [5, 5.41) is 10.6. The van der Waals surface area contributed by atoms with Crippen LogP contribution in [-0.4, -0.2) is 5.43 Å². The molecule has 0 nitrogen and oxygen atoms in total. The van der Waals surface area contributed by atoms with E-state index in [1.54, 1.807) is 23.3 Å². The van der Waals surface area contributed by atoms with E-state index >= 15 is 0 Å². The molecule has 0 N–H and O–H groups in total. The molecule has 0 saturated carbocycles. The number of halogens is 2. The maximum Gasteiger partial charge on any atom is -0.0114 e. The Morgan fingerprint density at radius 1 is 0.511 bits per heavy atom. The molecule has 0 saturated heterocycles. The van der Waals surface area contributed by atoms with Gasteiger partial charge < -0.3 is 24.8 Å². The SMILES string of the molecule is CCc1cc2c(-c3cccc4ccccc34)cccc2[cH-]1.C[Si](C)=[Zr+2].Cc1cc2c(-c3cccc4ccccc34)cccc2[cH-]1.[Cl-].[Cl-]. The Kier molecular flexibility index (Phi) is 13.0. The van der Waals surface area contributed by atoms with Crippen molar-refractivity contribution in [1.82, 2.24) is 0 Å². The summed E-state index contributed by atoms with van der Waals surface area (Å²) in [5.41, 5.74) is 8.26. The molecule has 0 bridgehead atoms. The molecule has 0 unspecified atom stereocenters. The first-order valence-corrected chi connectivity index (χ1v) is 21.9. The third-order valence-electron chi connectivity index (χ3n) is 8.27. The molecule has 8 aromatic rings. The summed E-state index contributed by atoms with van der Waals surface area (Å²) in [4.78, 5) is 0. The minimum atomic E-state index is 0. The fourth-order valence-electron chi connectivity index (χ4n) is 6.28. The molecule has 8 rings (SSSR count). The van der Waals surface area contributed by atoms with Crippen molar-refractivity contribution in [2.24, 2.45) is 0 Å². The minimum Gasteiger partial charge on any atom is -1.00 e. The second-order valence-electron chi connectivity index (χ2n) is 11.9. The smallest absolute Gasteiger partial charge is 0.0114 e. The van der Waals surface area contributed by atoms with E-state index in [-0.39, 0.29) is 30.2 Å². The predicted octanol–water partition coefficient (Wildman–Crippen LogP) is 6.42. The molecular weight excluding hydrogens is 707 g/mol. The van der Waals surface area contributed by atoms with Crippen molar-refractivity contribution < 1.29 is 48.1 Å². The Balaban J connectivity index is 0.000000184. The second-order valence-corrected chi connectivity index (χ2v) is 21.3. The quantitative estimate of drug-likeness (QED) is 0.145. The minimum absolute atomic E-state index is 0. The first-order chi connectivity index (χ1) is 21.9. The summed E-state index contributed by atoms with van der Waals surface area (Å²) in [6.45, 7) is 8.99. The number of benzene rings is 6. The zero-order chi connectivity index (χ0) is 31.3. The number of rotatable bonds is 3. The fraction of sp³-hybridized carbons (Fsp3) is 0.116. The Labute approximate surface area is 306 Å². The molecule has 0 aliphatic carbocycles. The van der Waals surface area contributed by atoms with Crippen molar-refractivity contribution in [2.45, 2.75) is 33.4 Å². The van der Waals surface area contributed by atoms with E-state index in [4.69, 9.17) is 0 Å². The normalized spacial score (nSPS) is 10.4. The summed E-state index contributed by atoms with van der Waals surface area (Å²) >= 11 is 1.74. The van der Waals surface area contributed by atoms with Gasteiger partial charge in [-0.05, 0) is 39.1 Å². The summed E-state index contributed by atoms with van der Waals surface area (Å²) in [6.07, 6.45) is 1.09. The van der Waals surface area contributed by atoms with Crippen molar-refractivity contribution in [3.8, 4) is 22.3 Å². The van der Waals surface area contributed by atoms with Crippen LogP contribution in [0, 0.1) is 6.92 Å². The van der Waals surface area contributed by atoms with E-state index in [9.17, 15) is 0 Å². The zero-order valence-corrected chi connectivity index (χ0v) is 32.3. The van der Waals surface area contributed by atoms with Gasteiger partial charge in [-0.15, -0.1) is 69.1 Å². The average Bonchev–Trinajstić information content (AvgIpc) is 3.67. The van der Waals surface area contributed by atoms with Gasteiger partial charge in [0.15, 0.2) is 0 Å². The summed E-state index contributed by atoms with van der Waals surface area (Å²) in [6, 6.07) is 52.7. The van der Waals surface area contributed by atoms with E-state index in [1.165, 1.54) is 76.5 Å². The van der Waals surface area contributed by atoms with Crippen LogP contribution in [0.4, 0.5) is 0 Å². The third kappa shape index (κ3) is 8.25. The molecule has 8 aromatic carbocycles. The Morgan fingerprint density at radius 2 is 0.894 bits per heavy atom. The van der Waals surface area contributed by atoms with E-state index in [0.717, 1.165) is 6.42 Å². The molecule has 0 radical (unpaired) electrons. The van der Waals surface area contributed by atoms with Crippen molar-refractivity contribution in [1.29, 1.82) is 0 Å². The molecular formula is C43H38Cl2SiZr-2. The number of fused-ring (bicyclic) bond motifs is 4. The Morgan fingerprint density at radius 3 is 1.38 bits per heavy atom. The van der Waals surface area contributed by atoms with Crippen molar-refractivity contribution in [3.63, 3.8) is 0 Å². The number of hydrogen-bond acceptors (Lipinski definition) is 0. The van der Waals surface area contributed by atoms with Crippen LogP contribution < -0.4 is 24.8 Å². The number of hydrogen-bond donors (Lipinski definition) is 0. The Bertz CT molecular complexity index is 2260. The zero-order valence-electron chi connectivity index (χ0n) is 27.3. The molecule has 0 heterocycles. The molecule has 0 aromatic heterocycles. The van der Waals surface area contributed by atoms with Crippen molar-refractivity contribution >= 4 is 48.5 Å². The average molecular weight is 745 g/mol. The van der Waals surface area contributed by atoms with Gasteiger partial charge in [-0.3, -0.25) is 0 Å². The second kappa shape index (κ2) is 16.7. The number of aryl methyl sites for hydroxylation is 2. The maximum absolute atomic E-state index is 2.34. The molecule has 0 spiro atoms. The molecule has 47 heavy (non-hydrogen) atoms. The monoisotopic (exact) mass is 742 g/mol. The molecule has 234 valence electrons. The van der Waals surface area contributed by atoms with Gasteiger partial charge in [0, 0.05) is 0 Å². The van der Waals surface area contributed by atoms with Gasteiger partial charge in [0.1, 0.15) is 0 Å². The van der Waals surface area contributed by atoms with Gasteiger partial charge in [-0.2, -0.15) is 12.1 Å². The molecule has 0 aliphatic rings. The van der Waals surface area contributed by atoms with Gasteiger partial charge in [-0.25, -0.2) is 0 Å². The first-order valence-electron chi connectivity index (χ1n) is 15.8. The van der Waals surface area contributed by atoms with Crippen LogP contribution in [0.25, 0.3) is 65.3 Å². The van der Waals surface area contributed by atoms with Crippen LogP contribution in [-0.2, 0) is 29.8 Å². The summed E-state index contributed by atoms with van der Waals surface area (Å²) in [5.74, 6) is 0. The van der Waals surface area contributed by atoms with E-state index in [2.05, 4.69) is 173 Å². The largest absolute Gasteiger partial charge is 1.00 e. The van der Waals surface area contributed by atoms with Gasteiger partial charge in [0.25, 0.3) is 0 Å². The van der Waals surface area contributed by atoms with Crippen LogP contribution in [0.1, 0.15) is 18.1 Å². The van der Waals surface area contributed by atoms with Gasteiger partial charge in [-0.1, -0.05) is 122 Å². The van der Waals surface area contributed by atoms with Crippen LogP contribution in [0.15, 0.2) is 146 Å². The van der Waals surface area contributed by atoms with Gasteiger partial charge in [0.2, 0.25) is 0 Å². The molecule has 0 amide bonds. The standard InChI is InChI=1S/C21H17.C20H15.C2H6Si.2ClH.Zr/c1-2-15-13-17-9-6-12-20(21(17)14-15)19-11-5-8-16-7-3-4-10-18(16)19;1-14-12-16-8-5-11-19(20(16)13-14)18-10-4-7-15-6-2-3-9-17(15)18;1-3-2;;;/h3-14H,2H2,1H3;2-13H,1H3;1-2H3;2*1H;/q2*-1;;;;+2/p-2. The van der Waals surface area contributed by atoms with E-state index < -0.39 is 0 Å². The van der Waals surface area contributed by atoms with E-state index in [1.807, 2.05) is 0 Å². The Hall–Kier alpha value is -3.26. The molecule has 0 aliphatic heterocycles. The molecule has 4 heteroatoms. The van der Waals surface area contributed by atoms with E-state index in [0.29, 0.717) is 0 Å². The van der Waals surface area contributed by atoms with Crippen LogP contribution in [0.2, 0.25) is 13.1 Å². The summed E-state index contributed by atoms with van der Waals surface area (Å²) < 4.78 is 0. The van der Waals surface area contributed by atoms with Gasteiger partial charge >= 0.3 is 41.9 Å². The molecule has 0 fully saturated rings.